The van der Waals surface area contributed by atoms with Crippen LogP contribution in [0.2, 0.25) is 0 Å². The molecule has 0 bridgehead atoms. The van der Waals surface area contributed by atoms with Gasteiger partial charge in [0.15, 0.2) is 5.82 Å². The van der Waals surface area contributed by atoms with Crippen LogP contribution in [0, 0.1) is 0 Å². The van der Waals surface area contributed by atoms with Gasteiger partial charge in [0.05, 0.1) is 5.52 Å². The van der Waals surface area contributed by atoms with Crippen molar-refractivity contribution in [3.8, 4) is 0 Å². The van der Waals surface area contributed by atoms with Gasteiger partial charge in [-0.05, 0) is 19.1 Å². The maximum Gasteiger partial charge on any atom is 0.265 e. The number of sulfonamides is 1. The molecule has 0 aliphatic carbocycles. The Hall–Kier alpha value is -2.41. The van der Waals surface area contributed by atoms with Crippen molar-refractivity contribution in [1.29, 1.82) is 0 Å². The zero-order valence-electron chi connectivity index (χ0n) is 11.4. The number of fused-ring (bicyclic) bond motifs is 1. The Balaban J connectivity index is 2.04. The number of aryl methyl sites for hydroxylation is 1. The van der Waals surface area contributed by atoms with Crippen molar-refractivity contribution in [3.63, 3.8) is 0 Å². The highest BCUT2D eigenvalue weighted by molar-refractivity contribution is 7.93. The van der Waals surface area contributed by atoms with Crippen LogP contribution >= 0.6 is 0 Å². The number of nitrogens with one attached hydrogen (secondary N) is 1. The van der Waals surface area contributed by atoms with Crippen LogP contribution in [0.3, 0.4) is 0 Å². The van der Waals surface area contributed by atoms with Crippen molar-refractivity contribution in [3.05, 3.63) is 48.8 Å². The third kappa shape index (κ3) is 2.59. The minimum absolute atomic E-state index is 0.145. The zero-order chi connectivity index (χ0) is 14.9. The van der Waals surface area contributed by atoms with Gasteiger partial charge in [0.25, 0.3) is 10.0 Å². The van der Waals surface area contributed by atoms with E-state index in [1.165, 1.54) is 6.07 Å². The average molecular weight is 302 g/mol. The van der Waals surface area contributed by atoms with E-state index in [-0.39, 0.29) is 4.90 Å². The molecule has 0 atom stereocenters. The third-order valence-corrected chi connectivity index (χ3v) is 4.48. The second kappa shape index (κ2) is 5.17. The van der Waals surface area contributed by atoms with Gasteiger partial charge >= 0.3 is 0 Å². The number of para-hydroxylation sites is 1. The second-order valence-electron chi connectivity index (χ2n) is 4.49. The molecule has 0 saturated carbocycles. The fourth-order valence-electron chi connectivity index (χ4n) is 2.08. The van der Waals surface area contributed by atoms with Gasteiger partial charge in [-0.25, -0.2) is 8.42 Å². The number of aromatic nitrogens is 3. The Morgan fingerprint density at radius 2 is 2.00 bits per heavy atom. The third-order valence-electron chi connectivity index (χ3n) is 3.09. The lowest BCUT2D eigenvalue weighted by Gasteiger charge is -2.07. The zero-order valence-corrected chi connectivity index (χ0v) is 12.2. The summed E-state index contributed by atoms with van der Waals surface area (Å²) in [6.45, 7) is 2.61. The van der Waals surface area contributed by atoms with Crippen LogP contribution < -0.4 is 4.72 Å². The van der Waals surface area contributed by atoms with Crippen molar-refractivity contribution in [2.75, 3.05) is 4.72 Å². The topological polar surface area (TPSA) is 76.9 Å². The second-order valence-corrected chi connectivity index (χ2v) is 6.14. The minimum atomic E-state index is -3.72. The summed E-state index contributed by atoms with van der Waals surface area (Å²) in [6, 6.07) is 10.3. The van der Waals surface area contributed by atoms with E-state index < -0.39 is 10.0 Å². The van der Waals surface area contributed by atoms with Crippen molar-refractivity contribution in [2.24, 2.45) is 0 Å². The summed E-state index contributed by atoms with van der Waals surface area (Å²) in [7, 11) is -3.72. The minimum Gasteiger partial charge on any atom is -0.271 e. The van der Waals surface area contributed by atoms with Gasteiger partial charge in [-0.1, -0.05) is 18.2 Å². The molecule has 1 aromatic carbocycles. The van der Waals surface area contributed by atoms with Crippen LogP contribution in [0.25, 0.3) is 10.9 Å². The van der Waals surface area contributed by atoms with E-state index >= 15 is 0 Å². The quantitative estimate of drug-likeness (QED) is 0.802. The molecule has 0 unspecified atom stereocenters. The van der Waals surface area contributed by atoms with Gasteiger partial charge < -0.3 is 0 Å². The lowest BCUT2D eigenvalue weighted by atomic mass is 10.2. The number of nitrogens with zero attached hydrogens (tertiary/aromatic N) is 3. The molecule has 3 aromatic rings. The highest BCUT2D eigenvalue weighted by Crippen LogP contribution is 2.22. The monoisotopic (exact) mass is 302 g/mol. The summed E-state index contributed by atoms with van der Waals surface area (Å²) in [5.74, 6) is 0.296. The van der Waals surface area contributed by atoms with E-state index in [4.69, 9.17) is 0 Å². The summed E-state index contributed by atoms with van der Waals surface area (Å²) < 4.78 is 29.2. The first-order chi connectivity index (χ1) is 10.1. The summed E-state index contributed by atoms with van der Waals surface area (Å²) in [4.78, 5) is 4.31. The molecule has 2 heterocycles. The Kier molecular flexibility index (Phi) is 3.34. The smallest absolute Gasteiger partial charge is 0.265 e. The molecule has 0 spiro atoms. The molecule has 0 radical (unpaired) electrons. The number of benzene rings is 1. The maximum atomic E-state index is 12.5. The molecule has 7 heteroatoms. The molecule has 0 fully saturated rings. The lowest BCUT2D eigenvalue weighted by Crippen LogP contribution is -2.14. The predicted octanol–water partition coefficient (Wildman–Crippen LogP) is 2.25. The molecule has 3 rings (SSSR count). The maximum absolute atomic E-state index is 12.5. The van der Waals surface area contributed by atoms with E-state index in [2.05, 4.69) is 14.8 Å². The van der Waals surface area contributed by atoms with E-state index in [1.54, 1.807) is 35.3 Å². The van der Waals surface area contributed by atoms with E-state index in [0.29, 0.717) is 17.9 Å². The SMILES string of the molecule is CCn1ccc(NS(=O)(=O)c2cccc3cccnc23)n1. The Bertz CT molecular complexity index is 881. The first kappa shape index (κ1) is 13.6. The van der Waals surface area contributed by atoms with Gasteiger partial charge in [-0.3, -0.25) is 14.4 Å². The highest BCUT2D eigenvalue weighted by Gasteiger charge is 2.19. The molecular formula is C14H14N4O2S. The van der Waals surface area contributed by atoms with E-state index in [1.807, 2.05) is 19.1 Å². The van der Waals surface area contributed by atoms with Crippen molar-refractivity contribution in [1.82, 2.24) is 14.8 Å². The normalized spacial score (nSPS) is 11.7. The van der Waals surface area contributed by atoms with E-state index in [9.17, 15) is 8.42 Å². The molecule has 0 amide bonds. The Morgan fingerprint density at radius 1 is 1.19 bits per heavy atom. The van der Waals surface area contributed by atoms with E-state index in [0.717, 1.165) is 5.39 Å². The van der Waals surface area contributed by atoms with Crippen LogP contribution in [-0.4, -0.2) is 23.2 Å². The Labute approximate surface area is 122 Å². The van der Waals surface area contributed by atoms with Gasteiger partial charge in [-0.2, -0.15) is 5.10 Å². The molecule has 108 valence electrons. The summed E-state index contributed by atoms with van der Waals surface area (Å²) >= 11 is 0. The van der Waals surface area contributed by atoms with Gasteiger partial charge in [0, 0.05) is 30.4 Å². The first-order valence-electron chi connectivity index (χ1n) is 6.50. The predicted molar refractivity (Wildman–Crippen MR) is 80.5 cm³/mol. The van der Waals surface area contributed by atoms with Crippen molar-refractivity contribution >= 4 is 26.7 Å². The number of pyridine rings is 1. The lowest BCUT2D eigenvalue weighted by molar-refractivity contribution is 0.601. The standard InChI is InChI=1S/C14H14N4O2S/c1-2-18-10-8-13(16-18)17-21(19,20)12-7-3-5-11-6-4-9-15-14(11)12/h3-10H,2H2,1H3,(H,16,17). The summed E-state index contributed by atoms with van der Waals surface area (Å²) in [6.07, 6.45) is 3.30. The number of rotatable bonds is 4. The molecule has 0 aliphatic rings. The Morgan fingerprint density at radius 3 is 2.76 bits per heavy atom. The number of anilines is 1. The van der Waals surface area contributed by atoms with Crippen LogP contribution in [0.15, 0.2) is 53.7 Å². The fraction of sp³-hybridized carbons (Fsp3) is 0.143. The van der Waals surface area contributed by atoms with Crippen LogP contribution in [-0.2, 0) is 16.6 Å². The van der Waals surface area contributed by atoms with Crippen LogP contribution in [0.5, 0.6) is 0 Å². The molecule has 21 heavy (non-hydrogen) atoms. The first-order valence-corrected chi connectivity index (χ1v) is 7.98. The summed E-state index contributed by atoms with van der Waals surface area (Å²) in [5, 5.41) is 4.90. The molecule has 0 aliphatic heterocycles. The van der Waals surface area contributed by atoms with Gasteiger partial charge in [0.2, 0.25) is 0 Å². The summed E-state index contributed by atoms with van der Waals surface area (Å²) in [5.41, 5.74) is 0.447. The molecular weight excluding hydrogens is 288 g/mol. The highest BCUT2D eigenvalue weighted by atomic mass is 32.2. The number of hydrogen-bond donors (Lipinski definition) is 1. The van der Waals surface area contributed by atoms with Crippen LogP contribution in [0.1, 0.15) is 6.92 Å². The van der Waals surface area contributed by atoms with Crippen molar-refractivity contribution in [2.45, 2.75) is 18.4 Å². The largest absolute Gasteiger partial charge is 0.271 e. The van der Waals surface area contributed by atoms with Gasteiger partial charge in [0.1, 0.15) is 4.90 Å². The average Bonchev–Trinajstić information content (AvgIpc) is 2.93. The number of hydrogen-bond acceptors (Lipinski definition) is 4. The molecule has 0 saturated heterocycles. The van der Waals surface area contributed by atoms with Crippen LogP contribution in [0.4, 0.5) is 5.82 Å². The van der Waals surface area contributed by atoms with Gasteiger partial charge in [-0.15, -0.1) is 0 Å². The fourth-order valence-corrected chi connectivity index (χ4v) is 3.25. The van der Waals surface area contributed by atoms with Crippen molar-refractivity contribution < 1.29 is 8.42 Å². The molecule has 2 aromatic heterocycles. The molecule has 1 N–H and O–H groups in total. The molecule has 6 nitrogen and oxygen atoms in total.